The van der Waals surface area contributed by atoms with Crippen LogP contribution in [0.5, 0.6) is 0 Å². The zero-order valence-corrected chi connectivity index (χ0v) is 12.8. The van der Waals surface area contributed by atoms with Gasteiger partial charge >= 0.3 is 0 Å². The van der Waals surface area contributed by atoms with Gasteiger partial charge in [-0.2, -0.15) is 0 Å². The topological polar surface area (TPSA) is 43.8 Å². The van der Waals surface area contributed by atoms with Crippen molar-refractivity contribution < 1.29 is 0 Å². The van der Waals surface area contributed by atoms with Crippen molar-refractivity contribution in [1.29, 1.82) is 0 Å². The number of fused-ring (bicyclic) bond motifs is 1. The average Bonchev–Trinajstić information content (AvgIpc) is 2.77. The summed E-state index contributed by atoms with van der Waals surface area (Å²) in [4.78, 5) is 4.80. The third-order valence-corrected chi connectivity index (χ3v) is 3.53. The van der Waals surface area contributed by atoms with Gasteiger partial charge in [0.1, 0.15) is 5.82 Å². The number of hydrogen-bond donors (Lipinski definition) is 1. The quantitative estimate of drug-likeness (QED) is 0.793. The number of hydrogen-bond acceptors (Lipinski definition) is 2. The minimum Gasteiger partial charge on any atom is -0.324 e. The van der Waals surface area contributed by atoms with Crippen molar-refractivity contribution in [3.63, 3.8) is 0 Å². The van der Waals surface area contributed by atoms with Crippen molar-refractivity contribution in [2.75, 3.05) is 0 Å². The maximum Gasteiger partial charge on any atom is 0.141 e. The van der Waals surface area contributed by atoms with Crippen LogP contribution in [0.15, 0.2) is 48.5 Å². The number of benzene rings is 2. The summed E-state index contributed by atoms with van der Waals surface area (Å²) in [7, 11) is 0. The van der Waals surface area contributed by atoms with Gasteiger partial charge in [0.05, 0.1) is 11.0 Å². The molecule has 0 bridgehead atoms. The summed E-state index contributed by atoms with van der Waals surface area (Å²) in [5.41, 5.74) is 10.5. The van der Waals surface area contributed by atoms with Crippen LogP contribution in [0.1, 0.15) is 19.4 Å². The van der Waals surface area contributed by atoms with Crippen molar-refractivity contribution >= 4 is 11.0 Å². The fourth-order valence-corrected chi connectivity index (χ4v) is 2.57. The van der Waals surface area contributed by atoms with Gasteiger partial charge in [0.15, 0.2) is 0 Å². The minimum atomic E-state index is -0.289. The van der Waals surface area contributed by atoms with E-state index in [9.17, 15) is 0 Å². The van der Waals surface area contributed by atoms with Crippen molar-refractivity contribution in [1.82, 2.24) is 9.55 Å². The molecule has 2 N–H and O–H groups in total. The molecule has 2 aromatic carbocycles. The molecule has 3 heteroatoms. The molecule has 3 nitrogen and oxygen atoms in total. The minimum absolute atomic E-state index is 0.289. The van der Waals surface area contributed by atoms with Gasteiger partial charge in [-0.25, -0.2) is 4.98 Å². The summed E-state index contributed by atoms with van der Waals surface area (Å²) in [6.45, 7) is 6.91. The van der Waals surface area contributed by atoms with Crippen molar-refractivity contribution in [2.45, 2.75) is 32.9 Å². The molecular weight excluding hydrogens is 258 g/mol. The van der Waals surface area contributed by atoms with Crippen molar-refractivity contribution in [3.05, 3.63) is 54.1 Å². The largest absolute Gasteiger partial charge is 0.324 e. The summed E-state index contributed by atoms with van der Waals surface area (Å²) in [5.74, 6) is 0.981. The van der Waals surface area contributed by atoms with Gasteiger partial charge in [-0.15, -0.1) is 0 Å². The zero-order chi connectivity index (χ0) is 15.0. The first kappa shape index (κ1) is 13.8. The first-order valence-electron chi connectivity index (χ1n) is 7.25. The highest BCUT2D eigenvalue weighted by molar-refractivity contribution is 5.80. The lowest BCUT2D eigenvalue weighted by Crippen LogP contribution is -2.37. The molecule has 0 atom stereocenters. The van der Waals surface area contributed by atoms with Crippen molar-refractivity contribution in [3.8, 4) is 11.4 Å². The molecule has 0 radical (unpaired) electrons. The normalized spacial score (nSPS) is 12.0. The molecule has 0 unspecified atom stereocenters. The maximum absolute atomic E-state index is 6.24. The first-order chi connectivity index (χ1) is 9.94. The molecule has 3 aromatic rings. The molecule has 108 valence electrons. The Morgan fingerprint density at radius 3 is 2.38 bits per heavy atom. The van der Waals surface area contributed by atoms with Crippen LogP contribution in [0.25, 0.3) is 22.4 Å². The van der Waals surface area contributed by atoms with Gasteiger partial charge in [0.25, 0.3) is 0 Å². The molecule has 0 aliphatic rings. The molecule has 0 saturated carbocycles. The third kappa shape index (κ3) is 2.83. The Morgan fingerprint density at radius 1 is 1.05 bits per heavy atom. The monoisotopic (exact) mass is 279 g/mol. The van der Waals surface area contributed by atoms with Crippen LogP contribution in [-0.4, -0.2) is 15.1 Å². The Balaban J connectivity index is 2.21. The molecular formula is C18H21N3. The highest BCUT2D eigenvalue weighted by Gasteiger charge is 2.18. The molecule has 0 spiro atoms. The molecule has 0 aliphatic carbocycles. The van der Waals surface area contributed by atoms with Crippen LogP contribution in [0.3, 0.4) is 0 Å². The van der Waals surface area contributed by atoms with Gasteiger partial charge in [-0.05, 0) is 32.9 Å². The lowest BCUT2D eigenvalue weighted by Gasteiger charge is -2.21. The molecule has 1 aromatic heterocycles. The number of nitrogens with two attached hydrogens (primary N) is 1. The predicted octanol–water partition coefficient (Wildman–Crippen LogP) is 3.75. The molecule has 1 heterocycles. The second-order valence-corrected chi connectivity index (χ2v) is 6.36. The number of nitrogens with zero attached hydrogens (tertiary/aromatic N) is 2. The summed E-state index contributed by atoms with van der Waals surface area (Å²) in [6, 6.07) is 16.7. The average molecular weight is 279 g/mol. The molecule has 0 amide bonds. The van der Waals surface area contributed by atoms with E-state index in [4.69, 9.17) is 10.7 Å². The van der Waals surface area contributed by atoms with Crippen LogP contribution in [-0.2, 0) is 6.54 Å². The SMILES string of the molecule is Cc1ccc(-c2nc3ccccc3n2CC(C)(C)N)cc1. The summed E-state index contributed by atoms with van der Waals surface area (Å²) in [6.07, 6.45) is 0. The highest BCUT2D eigenvalue weighted by Crippen LogP contribution is 2.26. The standard InChI is InChI=1S/C18H21N3/c1-13-8-10-14(11-9-13)17-20-15-6-4-5-7-16(15)21(17)12-18(2,3)19/h4-11H,12,19H2,1-3H3. The van der Waals surface area contributed by atoms with Crippen LogP contribution < -0.4 is 5.73 Å². The Kier molecular flexibility index (Phi) is 3.30. The lowest BCUT2D eigenvalue weighted by molar-refractivity contribution is 0.442. The Bertz CT molecular complexity index is 761. The number of imidazole rings is 1. The van der Waals surface area contributed by atoms with Crippen LogP contribution >= 0.6 is 0 Å². The van der Waals surface area contributed by atoms with Crippen LogP contribution in [0.4, 0.5) is 0 Å². The first-order valence-corrected chi connectivity index (χ1v) is 7.25. The Hall–Kier alpha value is -2.13. The lowest BCUT2D eigenvalue weighted by atomic mass is 10.1. The second-order valence-electron chi connectivity index (χ2n) is 6.36. The van der Waals surface area contributed by atoms with E-state index in [0.29, 0.717) is 0 Å². The highest BCUT2D eigenvalue weighted by atomic mass is 15.1. The fraction of sp³-hybridized carbons (Fsp3) is 0.278. The summed E-state index contributed by atoms with van der Waals surface area (Å²) < 4.78 is 2.22. The third-order valence-electron chi connectivity index (χ3n) is 3.53. The number of aryl methyl sites for hydroxylation is 1. The Morgan fingerprint density at radius 2 is 1.71 bits per heavy atom. The van der Waals surface area contributed by atoms with Crippen LogP contribution in [0.2, 0.25) is 0 Å². The second kappa shape index (κ2) is 5.01. The van der Waals surface area contributed by atoms with E-state index in [-0.39, 0.29) is 5.54 Å². The van der Waals surface area contributed by atoms with E-state index in [1.165, 1.54) is 5.56 Å². The molecule has 3 rings (SSSR count). The van der Waals surface area contributed by atoms with Gasteiger partial charge in [-0.1, -0.05) is 42.0 Å². The van der Waals surface area contributed by atoms with E-state index >= 15 is 0 Å². The van der Waals surface area contributed by atoms with Crippen molar-refractivity contribution in [2.24, 2.45) is 5.73 Å². The smallest absolute Gasteiger partial charge is 0.141 e. The molecule has 0 fully saturated rings. The molecule has 0 aliphatic heterocycles. The molecule has 0 saturated heterocycles. The maximum atomic E-state index is 6.24. The van der Waals surface area contributed by atoms with Gasteiger partial charge in [0, 0.05) is 17.6 Å². The Labute approximate surface area is 125 Å². The van der Waals surface area contributed by atoms with Gasteiger partial charge < -0.3 is 10.3 Å². The number of para-hydroxylation sites is 2. The summed E-state index contributed by atoms with van der Waals surface area (Å²) in [5, 5.41) is 0. The van der Waals surface area contributed by atoms with E-state index in [2.05, 4.69) is 41.8 Å². The van der Waals surface area contributed by atoms with E-state index in [1.54, 1.807) is 0 Å². The zero-order valence-electron chi connectivity index (χ0n) is 12.8. The van der Waals surface area contributed by atoms with Gasteiger partial charge in [0.2, 0.25) is 0 Å². The predicted molar refractivity (Wildman–Crippen MR) is 88.2 cm³/mol. The summed E-state index contributed by atoms with van der Waals surface area (Å²) >= 11 is 0. The van der Waals surface area contributed by atoms with Gasteiger partial charge in [-0.3, -0.25) is 0 Å². The van der Waals surface area contributed by atoms with E-state index < -0.39 is 0 Å². The van der Waals surface area contributed by atoms with Crippen LogP contribution in [0, 0.1) is 6.92 Å². The number of rotatable bonds is 3. The number of aromatic nitrogens is 2. The fourth-order valence-electron chi connectivity index (χ4n) is 2.57. The van der Waals surface area contributed by atoms with E-state index in [1.807, 2.05) is 32.0 Å². The van der Waals surface area contributed by atoms with E-state index in [0.717, 1.165) is 29.0 Å². The molecule has 21 heavy (non-hydrogen) atoms.